The monoisotopic (exact) mass is 299 g/mol. The van der Waals surface area contributed by atoms with Gasteiger partial charge in [-0.3, -0.25) is 5.32 Å². The van der Waals surface area contributed by atoms with Crippen molar-refractivity contribution in [3.63, 3.8) is 0 Å². The van der Waals surface area contributed by atoms with Crippen LogP contribution >= 0.6 is 0 Å². The van der Waals surface area contributed by atoms with E-state index in [0.29, 0.717) is 6.07 Å². The molecule has 0 spiro atoms. The lowest BCUT2D eigenvalue weighted by molar-refractivity contribution is -0.274. The molecule has 106 valence electrons. The Labute approximate surface area is 105 Å². The van der Waals surface area contributed by atoms with E-state index < -0.39 is 38.6 Å². The summed E-state index contributed by atoms with van der Waals surface area (Å²) in [5.74, 6) is -0.946. The standard InChI is InChI=1S/C9H8F3NO5S/c1-19(16,17)5-2-3-6(13-8(14)15)7(4-5)18-9(10,11)12/h2-4,13H,1H3,(H,14,15). The van der Waals surface area contributed by atoms with E-state index in [1.807, 2.05) is 0 Å². The van der Waals surface area contributed by atoms with Crippen LogP contribution in [-0.2, 0) is 9.84 Å². The summed E-state index contributed by atoms with van der Waals surface area (Å²) in [5.41, 5.74) is -0.516. The highest BCUT2D eigenvalue weighted by atomic mass is 32.2. The first kappa shape index (κ1) is 15.1. The Hall–Kier alpha value is -1.97. The fourth-order valence-corrected chi connectivity index (χ4v) is 1.80. The second kappa shape index (κ2) is 4.96. The molecule has 0 saturated carbocycles. The second-order valence-electron chi connectivity index (χ2n) is 3.41. The van der Waals surface area contributed by atoms with Gasteiger partial charge in [0.05, 0.1) is 10.6 Å². The van der Waals surface area contributed by atoms with Crippen molar-refractivity contribution in [2.24, 2.45) is 0 Å². The van der Waals surface area contributed by atoms with Crippen molar-refractivity contribution in [3.05, 3.63) is 18.2 Å². The van der Waals surface area contributed by atoms with Crippen molar-refractivity contribution in [3.8, 4) is 5.75 Å². The molecule has 0 aliphatic rings. The summed E-state index contributed by atoms with van der Waals surface area (Å²) < 4.78 is 62.4. The van der Waals surface area contributed by atoms with Crippen LogP contribution in [0.4, 0.5) is 23.7 Å². The SMILES string of the molecule is CS(=O)(=O)c1ccc(NC(=O)O)c(OC(F)(F)F)c1. The summed E-state index contributed by atoms with van der Waals surface area (Å²) >= 11 is 0. The van der Waals surface area contributed by atoms with Crippen LogP contribution in [0, 0.1) is 0 Å². The number of halogens is 3. The number of rotatable bonds is 3. The first-order chi connectivity index (χ1) is 8.49. The molecule has 0 aliphatic heterocycles. The summed E-state index contributed by atoms with van der Waals surface area (Å²) in [7, 11) is -3.75. The maximum absolute atomic E-state index is 12.1. The minimum absolute atomic E-state index is 0.428. The van der Waals surface area contributed by atoms with E-state index in [4.69, 9.17) is 5.11 Å². The van der Waals surface area contributed by atoms with Gasteiger partial charge in [-0.05, 0) is 12.1 Å². The summed E-state index contributed by atoms with van der Waals surface area (Å²) in [5, 5.41) is 10.1. The van der Waals surface area contributed by atoms with Gasteiger partial charge in [-0.1, -0.05) is 0 Å². The van der Waals surface area contributed by atoms with Gasteiger partial charge >= 0.3 is 12.5 Å². The van der Waals surface area contributed by atoms with Crippen molar-refractivity contribution in [2.75, 3.05) is 11.6 Å². The van der Waals surface area contributed by atoms with E-state index in [1.54, 1.807) is 5.32 Å². The average molecular weight is 299 g/mol. The molecule has 0 bridgehead atoms. The number of hydrogen-bond acceptors (Lipinski definition) is 4. The molecule has 2 N–H and O–H groups in total. The maximum atomic E-state index is 12.1. The van der Waals surface area contributed by atoms with Gasteiger partial charge in [0.2, 0.25) is 0 Å². The lowest BCUT2D eigenvalue weighted by atomic mass is 10.3. The van der Waals surface area contributed by atoms with Gasteiger partial charge in [0.15, 0.2) is 15.6 Å². The molecule has 1 aromatic rings. The van der Waals surface area contributed by atoms with Crippen molar-refractivity contribution >= 4 is 21.6 Å². The molecule has 0 aromatic heterocycles. The first-order valence-electron chi connectivity index (χ1n) is 4.59. The Bertz CT molecular complexity index is 596. The van der Waals surface area contributed by atoms with Gasteiger partial charge in [0.25, 0.3) is 0 Å². The van der Waals surface area contributed by atoms with Gasteiger partial charge in [-0.25, -0.2) is 13.2 Å². The minimum atomic E-state index is -5.08. The van der Waals surface area contributed by atoms with Crippen LogP contribution in [0.3, 0.4) is 0 Å². The van der Waals surface area contributed by atoms with Gasteiger partial charge in [0.1, 0.15) is 0 Å². The molecule has 0 atom stereocenters. The molecule has 0 fully saturated rings. The maximum Gasteiger partial charge on any atom is 0.573 e. The second-order valence-corrected chi connectivity index (χ2v) is 5.42. The third kappa shape index (κ3) is 4.66. The number of carbonyl (C=O) groups is 1. The van der Waals surface area contributed by atoms with Crippen LogP contribution < -0.4 is 10.1 Å². The molecule has 1 aromatic carbocycles. The largest absolute Gasteiger partial charge is 0.573 e. The summed E-state index contributed by atoms with van der Waals surface area (Å²) in [6.45, 7) is 0. The predicted octanol–water partition coefficient (Wildman–Crippen LogP) is 2.08. The molecule has 0 radical (unpaired) electrons. The van der Waals surface area contributed by atoms with Crippen LogP contribution in [0.15, 0.2) is 23.1 Å². The number of sulfone groups is 1. The molecule has 6 nitrogen and oxygen atoms in total. The minimum Gasteiger partial charge on any atom is -0.465 e. The lowest BCUT2D eigenvalue weighted by Crippen LogP contribution is -2.19. The Kier molecular flexibility index (Phi) is 3.94. The Morgan fingerprint density at radius 3 is 2.37 bits per heavy atom. The topological polar surface area (TPSA) is 92.7 Å². The molecule has 1 amide bonds. The third-order valence-electron chi connectivity index (χ3n) is 1.85. The number of carboxylic acid groups (broad SMARTS) is 1. The van der Waals surface area contributed by atoms with E-state index in [9.17, 15) is 26.4 Å². The fourth-order valence-electron chi connectivity index (χ4n) is 1.16. The highest BCUT2D eigenvalue weighted by Gasteiger charge is 2.32. The number of amides is 1. The van der Waals surface area contributed by atoms with Crippen molar-refractivity contribution in [2.45, 2.75) is 11.3 Å². The van der Waals surface area contributed by atoms with E-state index in [2.05, 4.69) is 4.74 Å². The molecule has 19 heavy (non-hydrogen) atoms. The fraction of sp³-hybridized carbons (Fsp3) is 0.222. The Morgan fingerprint density at radius 1 is 1.37 bits per heavy atom. The third-order valence-corrected chi connectivity index (χ3v) is 2.96. The summed E-state index contributed by atoms with van der Waals surface area (Å²) in [6.07, 6.45) is -5.89. The molecule has 0 heterocycles. The van der Waals surface area contributed by atoms with E-state index in [-0.39, 0.29) is 0 Å². The van der Waals surface area contributed by atoms with Gasteiger partial charge in [0, 0.05) is 12.3 Å². The van der Waals surface area contributed by atoms with Gasteiger partial charge in [-0.2, -0.15) is 0 Å². The molecule has 10 heteroatoms. The number of anilines is 1. The molecular weight excluding hydrogens is 291 g/mol. The van der Waals surface area contributed by atoms with Crippen molar-refractivity contribution in [1.82, 2.24) is 0 Å². The smallest absolute Gasteiger partial charge is 0.465 e. The summed E-state index contributed by atoms with van der Waals surface area (Å²) in [6, 6.07) is 2.42. The number of hydrogen-bond donors (Lipinski definition) is 2. The van der Waals surface area contributed by atoms with Gasteiger partial charge < -0.3 is 9.84 Å². The zero-order chi connectivity index (χ0) is 14.8. The zero-order valence-corrected chi connectivity index (χ0v) is 10.2. The first-order valence-corrected chi connectivity index (χ1v) is 6.48. The summed E-state index contributed by atoms with van der Waals surface area (Å²) in [4.78, 5) is 9.97. The number of alkyl halides is 3. The molecule has 1 rings (SSSR count). The van der Waals surface area contributed by atoms with Crippen molar-refractivity contribution < 1.29 is 36.2 Å². The molecule has 0 unspecified atom stereocenters. The van der Waals surface area contributed by atoms with Crippen molar-refractivity contribution in [1.29, 1.82) is 0 Å². The Balaban J connectivity index is 3.30. The van der Waals surface area contributed by atoms with E-state index >= 15 is 0 Å². The lowest BCUT2D eigenvalue weighted by Gasteiger charge is -2.13. The number of nitrogens with one attached hydrogen (secondary N) is 1. The molecular formula is C9H8F3NO5S. The highest BCUT2D eigenvalue weighted by molar-refractivity contribution is 7.90. The van der Waals surface area contributed by atoms with Crippen LogP contribution in [0.5, 0.6) is 5.75 Å². The average Bonchev–Trinajstić information content (AvgIpc) is 2.15. The van der Waals surface area contributed by atoms with Gasteiger partial charge in [-0.15, -0.1) is 13.2 Å². The van der Waals surface area contributed by atoms with E-state index in [0.717, 1.165) is 18.4 Å². The van der Waals surface area contributed by atoms with Crippen LogP contribution in [-0.4, -0.2) is 32.2 Å². The van der Waals surface area contributed by atoms with Crippen LogP contribution in [0.25, 0.3) is 0 Å². The quantitative estimate of drug-likeness (QED) is 0.891. The highest BCUT2D eigenvalue weighted by Crippen LogP contribution is 2.32. The normalized spacial score (nSPS) is 12.0. The zero-order valence-electron chi connectivity index (χ0n) is 9.35. The Morgan fingerprint density at radius 2 is 1.95 bits per heavy atom. The number of ether oxygens (including phenoxy) is 1. The van der Waals surface area contributed by atoms with E-state index in [1.165, 1.54) is 0 Å². The van der Waals surface area contributed by atoms with Crippen LogP contribution in [0.1, 0.15) is 0 Å². The molecule has 0 aliphatic carbocycles. The molecule has 0 saturated heterocycles. The predicted molar refractivity (Wildman–Crippen MR) is 57.9 cm³/mol. The number of benzene rings is 1. The van der Waals surface area contributed by atoms with Crippen LogP contribution in [0.2, 0.25) is 0 Å².